The van der Waals surface area contributed by atoms with Gasteiger partial charge in [-0.2, -0.15) is 13.2 Å². The van der Waals surface area contributed by atoms with Gasteiger partial charge in [0.15, 0.2) is 11.5 Å². The van der Waals surface area contributed by atoms with Crippen molar-refractivity contribution < 1.29 is 32.2 Å². The second-order valence-corrected chi connectivity index (χ2v) is 6.85. The summed E-state index contributed by atoms with van der Waals surface area (Å²) < 4.78 is 56.0. The van der Waals surface area contributed by atoms with Crippen LogP contribution in [-0.2, 0) is 17.4 Å². The van der Waals surface area contributed by atoms with Crippen LogP contribution in [0.15, 0.2) is 42.5 Å². The number of amides is 1. The number of carbonyl (C=O) groups is 1. The Morgan fingerprint density at radius 1 is 1.06 bits per heavy atom. The van der Waals surface area contributed by atoms with Crippen LogP contribution in [-0.4, -0.2) is 38.8 Å². The zero-order chi connectivity index (χ0) is 23.3. The first-order chi connectivity index (χ1) is 15.3. The van der Waals surface area contributed by atoms with Gasteiger partial charge >= 0.3 is 6.18 Å². The van der Waals surface area contributed by atoms with Crippen molar-refractivity contribution in [3.63, 3.8) is 0 Å². The molecule has 0 radical (unpaired) electrons. The molecular weight excluding hydrogens is 425 g/mol. The summed E-state index contributed by atoms with van der Waals surface area (Å²) in [6.07, 6.45) is -1.64. The highest BCUT2D eigenvalue weighted by molar-refractivity contribution is 5.92. The van der Waals surface area contributed by atoms with Gasteiger partial charge in [0.1, 0.15) is 5.69 Å². The largest absolute Gasteiger partial charge is 0.493 e. The highest BCUT2D eigenvalue weighted by atomic mass is 19.4. The predicted molar refractivity (Wildman–Crippen MR) is 115 cm³/mol. The lowest BCUT2D eigenvalue weighted by Crippen LogP contribution is -2.24. The van der Waals surface area contributed by atoms with E-state index in [0.29, 0.717) is 33.7 Å². The molecule has 1 heterocycles. The maximum absolute atomic E-state index is 13.4. The van der Waals surface area contributed by atoms with Crippen molar-refractivity contribution >= 4 is 22.9 Å². The van der Waals surface area contributed by atoms with Gasteiger partial charge in [-0.15, -0.1) is 0 Å². The molecule has 1 amide bonds. The van der Waals surface area contributed by atoms with E-state index in [0.717, 1.165) is 0 Å². The Balaban J connectivity index is 1.70. The van der Waals surface area contributed by atoms with Gasteiger partial charge in [0.05, 0.1) is 21.3 Å². The number of hydrogen-bond acceptors (Lipinski definition) is 4. The minimum absolute atomic E-state index is 0.0304. The number of para-hydroxylation sites is 1. The van der Waals surface area contributed by atoms with E-state index < -0.39 is 17.8 Å². The number of carbonyl (C=O) groups excluding carboxylic acids is 1. The van der Waals surface area contributed by atoms with Crippen LogP contribution in [0.5, 0.6) is 17.2 Å². The van der Waals surface area contributed by atoms with E-state index in [4.69, 9.17) is 14.2 Å². The van der Waals surface area contributed by atoms with Crippen LogP contribution in [0.3, 0.4) is 0 Å². The monoisotopic (exact) mass is 448 g/mol. The third-order valence-electron chi connectivity index (χ3n) is 4.89. The Kier molecular flexibility index (Phi) is 6.97. The Hall–Kier alpha value is -3.62. The smallest absolute Gasteiger partial charge is 0.431 e. The Morgan fingerprint density at radius 3 is 2.31 bits per heavy atom. The molecule has 0 unspecified atom stereocenters. The highest BCUT2D eigenvalue weighted by Gasteiger charge is 2.36. The number of H-pyrrole nitrogens is 1. The molecule has 0 aliphatic heterocycles. The Bertz CT molecular complexity index is 1110. The van der Waals surface area contributed by atoms with Crippen molar-refractivity contribution in [1.82, 2.24) is 10.3 Å². The number of alkyl halides is 3. The summed E-state index contributed by atoms with van der Waals surface area (Å²) in [6, 6.07) is 9.91. The summed E-state index contributed by atoms with van der Waals surface area (Å²) >= 11 is 0. The first-order valence-electron chi connectivity index (χ1n) is 9.71. The average molecular weight is 448 g/mol. The molecule has 2 aromatic carbocycles. The van der Waals surface area contributed by atoms with Crippen molar-refractivity contribution in [3.05, 3.63) is 59.3 Å². The summed E-state index contributed by atoms with van der Waals surface area (Å²) in [5, 5.41) is 3.11. The van der Waals surface area contributed by atoms with Gasteiger partial charge in [0.25, 0.3) is 0 Å². The van der Waals surface area contributed by atoms with E-state index in [1.807, 2.05) is 0 Å². The highest BCUT2D eigenvalue weighted by Crippen LogP contribution is 2.38. The lowest BCUT2D eigenvalue weighted by Gasteiger charge is -2.12. The maximum atomic E-state index is 13.4. The van der Waals surface area contributed by atoms with Gasteiger partial charge < -0.3 is 24.5 Å². The van der Waals surface area contributed by atoms with Gasteiger partial charge in [0, 0.05) is 23.5 Å². The molecule has 2 N–H and O–H groups in total. The molecule has 1 aromatic heterocycles. The van der Waals surface area contributed by atoms with Crippen LogP contribution in [0.25, 0.3) is 17.0 Å². The van der Waals surface area contributed by atoms with Crippen LogP contribution in [0.4, 0.5) is 13.2 Å². The first-order valence-corrected chi connectivity index (χ1v) is 9.71. The fraction of sp³-hybridized carbons (Fsp3) is 0.261. The predicted octanol–water partition coefficient (Wildman–Crippen LogP) is 4.58. The third kappa shape index (κ3) is 4.99. The summed E-state index contributed by atoms with van der Waals surface area (Å²) in [6.45, 7) is 0.0450. The van der Waals surface area contributed by atoms with Crippen LogP contribution in [0.2, 0.25) is 0 Å². The zero-order valence-corrected chi connectivity index (χ0v) is 17.8. The molecule has 0 spiro atoms. The molecule has 0 aliphatic carbocycles. The zero-order valence-electron chi connectivity index (χ0n) is 17.8. The number of aromatic amines is 1. The first kappa shape index (κ1) is 23.1. The molecule has 32 heavy (non-hydrogen) atoms. The standard InChI is InChI=1S/C23H23F3N2O4/c1-30-18-12-14(13-19(31-2)21(18)32-3)8-9-20(29)27-11-10-16-15-6-4-5-7-17(15)28-22(16)23(24,25)26/h4-9,12-13,28H,10-11H2,1-3H3,(H,27,29). The molecule has 0 fully saturated rings. The van der Waals surface area contributed by atoms with Gasteiger partial charge in [0.2, 0.25) is 11.7 Å². The number of hydrogen-bond donors (Lipinski definition) is 2. The van der Waals surface area contributed by atoms with Crippen molar-refractivity contribution in [3.8, 4) is 17.2 Å². The van der Waals surface area contributed by atoms with Gasteiger partial charge in [-0.05, 0) is 41.8 Å². The van der Waals surface area contributed by atoms with Crippen LogP contribution in [0, 0.1) is 0 Å². The number of halogens is 3. The number of benzene rings is 2. The minimum atomic E-state index is -4.51. The topological polar surface area (TPSA) is 72.6 Å². The Labute approximate surface area is 183 Å². The Morgan fingerprint density at radius 2 is 1.72 bits per heavy atom. The normalized spacial score (nSPS) is 11.7. The molecule has 9 heteroatoms. The minimum Gasteiger partial charge on any atom is -0.493 e. The molecule has 0 bridgehead atoms. The van der Waals surface area contributed by atoms with Gasteiger partial charge in [-0.1, -0.05) is 18.2 Å². The second kappa shape index (κ2) is 9.67. The summed E-state index contributed by atoms with van der Waals surface area (Å²) in [7, 11) is 4.45. The molecule has 0 atom stereocenters. The molecule has 170 valence electrons. The maximum Gasteiger partial charge on any atom is 0.431 e. The second-order valence-electron chi connectivity index (χ2n) is 6.85. The van der Waals surface area contributed by atoms with E-state index in [1.54, 1.807) is 42.5 Å². The number of ether oxygens (including phenoxy) is 3. The molecular formula is C23H23F3N2O4. The third-order valence-corrected chi connectivity index (χ3v) is 4.89. The SMILES string of the molecule is COc1cc(C=CC(=O)NCCc2c(C(F)(F)F)[nH]c3ccccc23)cc(OC)c1OC. The van der Waals surface area contributed by atoms with Gasteiger partial charge in [-0.25, -0.2) is 0 Å². The average Bonchev–Trinajstić information content (AvgIpc) is 3.16. The van der Waals surface area contributed by atoms with Crippen molar-refractivity contribution in [2.45, 2.75) is 12.6 Å². The quantitative estimate of drug-likeness (QED) is 0.495. The van der Waals surface area contributed by atoms with E-state index in [2.05, 4.69) is 10.3 Å². The van der Waals surface area contributed by atoms with Crippen LogP contribution in [0.1, 0.15) is 16.8 Å². The number of nitrogens with one attached hydrogen (secondary N) is 2. The van der Waals surface area contributed by atoms with E-state index >= 15 is 0 Å². The number of aromatic nitrogens is 1. The fourth-order valence-corrected chi connectivity index (χ4v) is 3.44. The van der Waals surface area contributed by atoms with Crippen LogP contribution < -0.4 is 19.5 Å². The van der Waals surface area contributed by atoms with E-state index in [-0.39, 0.29) is 18.5 Å². The van der Waals surface area contributed by atoms with Crippen molar-refractivity contribution in [1.29, 1.82) is 0 Å². The van der Waals surface area contributed by atoms with E-state index in [1.165, 1.54) is 27.4 Å². The number of methoxy groups -OCH3 is 3. The fourth-order valence-electron chi connectivity index (χ4n) is 3.44. The van der Waals surface area contributed by atoms with Gasteiger partial charge in [-0.3, -0.25) is 4.79 Å². The molecule has 3 rings (SSSR count). The summed E-state index contributed by atoms with van der Waals surface area (Å²) in [4.78, 5) is 14.6. The number of rotatable bonds is 8. The lowest BCUT2D eigenvalue weighted by molar-refractivity contribution is -0.141. The molecule has 0 aliphatic rings. The van der Waals surface area contributed by atoms with Crippen molar-refractivity contribution in [2.75, 3.05) is 27.9 Å². The lowest BCUT2D eigenvalue weighted by atomic mass is 10.1. The molecule has 0 saturated carbocycles. The summed E-state index contributed by atoms with van der Waals surface area (Å²) in [5.74, 6) is 0.861. The summed E-state index contributed by atoms with van der Waals surface area (Å²) in [5.41, 5.74) is 0.372. The van der Waals surface area contributed by atoms with E-state index in [9.17, 15) is 18.0 Å². The van der Waals surface area contributed by atoms with Crippen molar-refractivity contribution in [2.24, 2.45) is 0 Å². The number of fused-ring (bicyclic) bond motifs is 1. The molecule has 0 saturated heterocycles. The molecule has 6 nitrogen and oxygen atoms in total. The van der Waals surface area contributed by atoms with Crippen LogP contribution >= 0.6 is 0 Å². The molecule has 3 aromatic rings.